The summed E-state index contributed by atoms with van der Waals surface area (Å²) in [4.78, 5) is 0. The second-order valence-electron chi connectivity index (χ2n) is 9.29. The van der Waals surface area contributed by atoms with Crippen LogP contribution in [0, 0.1) is 23.5 Å². The third kappa shape index (κ3) is 6.82. The van der Waals surface area contributed by atoms with Crippen LogP contribution in [0.4, 0.5) is 8.78 Å². The number of benzene rings is 1. The molecule has 4 heteroatoms. The zero-order valence-corrected chi connectivity index (χ0v) is 19.3. The fraction of sp³-hybridized carbons (Fsp3) is 0.630. The van der Waals surface area contributed by atoms with Crippen LogP contribution in [0.2, 0.25) is 0 Å². The Morgan fingerprint density at radius 2 is 1.48 bits per heavy atom. The van der Waals surface area contributed by atoms with Crippen molar-refractivity contribution in [3.63, 3.8) is 0 Å². The van der Waals surface area contributed by atoms with Crippen molar-refractivity contribution in [2.45, 2.75) is 97.3 Å². The summed E-state index contributed by atoms with van der Waals surface area (Å²) >= 11 is 0. The first-order valence-corrected chi connectivity index (χ1v) is 12.4. The van der Waals surface area contributed by atoms with Crippen molar-refractivity contribution < 1.29 is 8.78 Å². The highest BCUT2D eigenvalue weighted by atomic mass is 19.2. The van der Waals surface area contributed by atoms with E-state index in [9.17, 15) is 8.78 Å². The number of unbranched alkanes of at least 4 members (excludes halogenated alkanes) is 4. The van der Waals surface area contributed by atoms with Crippen molar-refractivity contribution in [3.8, 4) is 11.3 Å². The second-order valence-corrected chi connectivity index (χ2v) is 9.29. The Hall–Kier alpha value is -1.84. The van der Waals surface area contributed by atoms with Crippen molar-refractivity contribution in [1.29, 1.82) is 0 Å². The van der Waals surface area contributed by atoms with Gasteiger partial charge in [-0.1, -0.05) is 84.1 Å². The third-order valence-corrected chi connectivity index (χ3v) is 7.02. The Kier molecular flexibility index (Phi) is 9.42. The first-order chi connectivity index (χ1) is 15.1. The lowest BCUT2D eigenvalue weighted by molar-refractivity contribution is 0.248. The van der Waals surface area contributed by atoms with E-state index in [1.165, 1.54) is 64.2 Å². The molecule has 1 aliphatic rings. The summed E-state index contributed by atoms with van der Waals surface area (Å²) in [6, 6.07) is 6.91. The van der Waals surface area contributed by atoms with Crippen molar-refractivity contribution in [3.05, 3.63) is 47.2 Å². The monoisotopic (exact) mass is 428 g/mol. The lowest BCUT2D eigenvalue weighted by atomic mass is 9.77. The maximum absolute atomic E-state index is 14.7. The molecule has 0 unspecified atom stereocenters. The average Bonchev–Trinajstić information content (AvgIpc) is 2.81. The van der Waals surface area contributed by atoms with Gasteiger partial charge in [0.25, 0.3) is 0 Å². The van der Waals surface area contributed by atoms with Crippen molar-refractivity contribution in [2.24, 2.45) is 11.8 Å². The highest BCUT2D eigenvalue weighted by molar-refractivity contribution is 5.60. The first kappa shape index (κ1) is 23.8. The maximum Gasteiger partial charge on any atom is 0.168 e. The van der Waals surface area contributed by atoms with Gasteiger partial charge in [-0.3, -0.25) is 0 Å². The Bertz CT molecular complexity index is 796. The van der Waals surface area contributed by atoms with E-state index in [4.69, 9.17) is 0 Å². The van der Waals surface area contributed by atoms with Crippen molar-refractivity contribution >= 4 is 0 Å². The molecule has 0 spiro atoms. The van der Waals surface area contributed by atoms with E-state index in [-0.39, 0.29) is 5.56 Å². The van der Waals surface area contributed by atoms with Crippen LogP contribution < -0.4 is 0 Å². The van der Waals surface area contributed by atoms with Gasteiger partial charge in [0.1, 0.15) is 0 Å². The molecule has 1 aliphatic carbocycles. The summed E-state index contributed by atoms with van der Waals surface area (Å²) in [7, 11) is 0. The Morgan fingerprint density at radius 3 is 2.13 bits per heavy atom. The van der Waals surface area contributed by atoms with Crippen molar-refractivity contribution in [2.75, 3.05) is 0 Å². The fourth-order valence-corrected chi connectivity index (χ4v) is 4.88. The van der Waals surface area contributed by atoms with Gasteiger partial charge in [0, 0.05) is 5.56 Å². The van der Waals surface area contributed by atoms with Gasteiger partial charge in [0.05, 0.1) is 11.4 Å². The molecule has 2 aromatic rings. The van der Waals surface area contributed by atoms with Crippen LogP contribution in [0.3, 0.4) is 0 Å². The van der Waals surface area contributed by atoms with Crippen LogP contribution in [0.1, 0.15) is 95.7 Å². The number of halogens is 2. The van der Waals surface area contributed by atoms with Crippen molar-refractivity contribution in [1.82, 2.24) is 10.2 Å². The number of aryl methyl sites for hydroxylation is 2. The van der Waals surface area contributed by atoms with Crippen LogP contribution in [0.25, 0.3) is 11.3 Å². The van der Waals surface area contributed by atoms with Gasteiger partial charge in [0.15, 0.2) is 11.6 Å². The quantitative estimate of drug-likeness (QED) is 0.338. The normalized spacial score (nSPS) is 19.0. The fourth-order valence-electron chi connectivity index (χ4n) is 4.88. The van der Waals surface area contributed by atoms with Gasteiger partial charge in [-0.25, -0.2) is 8.78 Å². The van der Waals surface area contributed by atoms with Gasteiger partial charge < -0.3 is 0 Å². The highest BCUT2D eigenvalue weighted by Crippen LogP contribution is 2.35. The standard InChI is InChI=1S/C27H38F2N2/c1-3-5-6-7-8-9-20-10-12-21(13-11-20)14-15-22-16-18-24(27(29)26(22)28)25-19-17-23(4-2)30-31-25/h16-21H,3-15H2,1-2H3. The molecule has 0 atom stereocenters. The van der Waals surface area contributed by atoms with E-state index in [1.54, 1.807) is 18.2 Å². The third-order valence-electron chi connectivity index (χ3n) is 7.02. The predicted octanol–water partition coefficient (Wildman–Crippen LogP) is 8.08. The predicted molar refractivity (Wildman–Crippen MR) is 124 cm³/mol. The molecule has 0 saturated heterocycles. The minimum Gasteiger partial charge on any atom is -0.203 e. The van der Waals surface area contributed by atoms with E-state index in [0.29, 0.717) is 23.6 Å². The summed E-state index contributed by atoms with van der Waals surface area (Å²) in [6.45, 7) is 4.25. The number of hydrogen-bond donors (Lipinski definition) is 0. The zero-order valence-electron chi connectivity index (χ0n) is 19.3. The molecule has 1 aromatic heterocycles. The number of rotatable bonds is 11. The van der Waals surface area contributed by atoms with E-state index in [2.05, 4.69) is 17.1 Å². The average molecular weight is 429 g/mol. The summed E-state index contributed by atoms with van der Waals surface area (Å²) in [5.41, 5.74) is 1.90. The van der Waals surface area contributed by atoms with E-state index in [1.807, 2.05) is 13.0 Å². The van der Waals surface area contributed by atoms with Crippen LogP contribution >= 0.6 is 0 Å². The van der Waals surface area contributed by atoms with Crippen LogP contribution in [0.15, 0.2) is 24.3 Å². The van der Waals surface area contributed by atoms with E-state index < -0.39 is 11.6 Å². The number of aromatic nitrogens is 2. The minimum atomic E-state index is -0.803. The molecular formula is C27H38F2N2. The molecule has 2 nitrogen and oxygen atoms in total. The molecule has 0 N–H and O–H groups in total. The summed E-state index contributed by atoms with van der Waals surface area (Å²) in [5.74, 6) is -0.0000522. The molecule has 1 saturated carbocycles. The second kappa shape index (κ2) is 12.3. The van der Waals surface area contributed by atoms with Gasteiger partial charge in [-0.05, 0) is 54.9 Å². The highest BCUT2D eigenvalue weighted by Gasteiger charge is 2.22. The summed E-state index contributed by atoms with van der Waals surface area (Å²) < 4.78 is 29.4. The molecule has 0 aliphatic heterocycles. The van der Waals surface area contributed by atoms with Gasteiger partial charge in [0.2, 0.25) is 0 Å². The molecule has 0 radical (unpaired) electrons. The molecular weight excluding hydrogens is 390 g/mol. The largest absolute Gasteiger partial charge is 0.203 e. The van der Waals surface area contributed by atoms with Crippen LogP contribution in [-0.2, 0) is 12.8 Å². The Morgan fingerprint density at radius 1 is 0.774 bits per heavy atom. The Balaban J connectivity index is 1.47. The summed E-state index contributed by atoms with van der Waals surface area (Å²) in [6.07, 6.45) is 15.6. The zero-order chi connectivity index (χ0) is 22.1. The molecule has 1 aromatic carbocycles. The van der Waals surface area contributed by atoms with Gasteiger partial charge in [-0.15, -0.1) is 0 Å². The Labute approximate surface area is 186 Å². The van der Waals surface area contributed by atoms with E-state index in [0.717, 1.165) is 24.5 Å². The molecule has 31 heavy (non-hydrogen) atoms. The molecule has 0 bridgehead atoms. The molecule has 170 valence electrons. The van der Waals surface area contributed by atoms with Gasteiger partial charge >= 0.3 is 0 Å². The van der Waals surface area contributed by atoms with E-state index >= 15 is 0 Å². The molecule has 0 amide bonds. The maximum atomic E-state index is 14.7. The SMILES string of the molecule is CCCCCCCC1CCC(CCc2ccc(-c3ccc(CC)nn3)c(F)c2F)CC1. The van der Waals surface area contributed by atoms with Crippen LogP contribution in [0.5, 0.6) is 0 Å². The first-order valence-electron chi connectivity index (χ1n) is 12.4. The molecule has 1 heterocycles. The van der Waals surface area contributed by atoms with Gasteiger partial charge in [-0.2, -0.15) is 10.2 Å². The lowest BCUT2D eigenvalue weighted by Crippen LogP contribution is -2.15. The lowest BCUT2D eigenvalue weighted by Gasteiger charge is -2.28. The topological polar surface area (TPSA) is 25.8 Å². The smallest absolute Gasteiger partial charge is 0.168 e. The number of hydrogen-bond acceptors (Lipinski definition) is 2. The number of nitrogens with zero attached hydrogens (tertiary/aromatic N) is 2. The molecule has 1 fully saturated rings. The minimum absolute atomic E-state index is 0.191. The van der Waals surface area contributed by atoms with Crippen LogP contribution in [-0.4, -0.2) is 10.2 Å². The summed E-state index contributed by atoms with van der Waals surface area (Å²) in [5, 5.41) is 8.12. The molecule has 3 rings (SSSR count).